The zero-order chi connectivity index (χ0) is 9.97. The summed E-state index contributed by atoms with van der Waals surface area (Å²) in [7, 11) is 0. The van der Waals surface area contributed by atoms with Crippen LogP contribution in [0.1, 0.15) is 31.4 Å². The van der Waals surface area contributed by atoms with E-state index in [1.54, 1.807) is 6.07 Å². The maximum atomic E-state index is 5.81. The molecule has 74 valence electrons. The maximum absolute atomic E-state index is 5.81. The molecule has 4 heteroatoms. The van der Waals surface area contributed by atoms with Crippen molar-refractivity contribution >= 4 is 23.1 Å². The van der Waals surface area contributed by atoms with Crippen molar-refractivity contribution in [1.29, 1.82) is 0 Å². The molecule has 1 aliphatic carbocycles. The highest BCUT2D eigenvalue weighted by molar-refractivity contribution is 6.29. The van der Waals surface area contributed by atoms with Gasteiger partial charge in [-0.2, -0.15) is 0 Å². The second-order valence-corrected chi connectivity index (χ2v) is 3.80. The monoisotopic (exact) mass is 209 g/mol. The summed E-state index contributed by atoms with van der Waals surface area (Å²) in [6.45, 7) is 0. The van der Waals surface area contributed by atoms with Gasteiger partial charge in [-0.25, -0.2) is 9.97 Å². The zero-order valence-electron chi connectivity index (χ0n) is 7.83. The Bertz CT molecular complexity index is 353. The lowest BCUT2D eigenvalue weighted by atomic mass is 9.97. The lowest BCUT2D eigenvalue weighted by molar-refractivity contribution is 0.739. The van der Waals surface area contributed by atoms with Gasteiger partial charge in [0.1, 0.15) is 5.15 Å². The van der Waals surface area contributed by atoms with Crippen molar-refractivity contribution in [2.75, 3.05) is 5.73 Å². The van der Waals surface area contributed by atoms with E-state index < -0.39 is 0 Å². The molecule has 2 N–H and O–H groups in total. The minimum Gasteiger partial charge on any atom is -0.368 e. The molecule has 3 nitrogen and oxygen atoms in total. The Morgan fingerprint density at radius 2 is 2.14 bits per heavy atom. The van der Waals surface area contributed by atoms with Crippen molar-refractivity contribution in [2.45, 2.75) is 25.7 Å². The first-order chi connectivity index (χ1) is 6.75. The molecule has 0 saturated heterocycles. The second kappa shape index (κ2) is 3.96. The Morgan fingerprint density at radius 3 is 2.79 bits per heavy atom. The fourth-order valence-electron chi connectivity index (χ4n) is 1.67. The van der Waals surface area contributed by atoms with Gasteiger partial charge in [-0.1, -0.05) is 17.7 Å². The maximum Gasteiger partial charge on any atom is 0.221 e. The van der Waals surface area contributed by atoms with Gasteiger partial charge in [-0.3, -0.25) is 0 Å². The molecule has 0 bridgehead atoms. The quantitative estimate of drug-likeness (QED) is 0.724. The Morgan fingerprint density at radius 1 is 1.29 bits per heavy atom. The van der Waals surface area contributed by atoms with Gasteiger partial charge in [0, 0.05) is 6.07 Å². The molecule has 1 aromatic heterocycles. The largest absolute Gasteiger partial charge is 0.368 e. The van der Waals surface area contributed by atoms with Gasteiger partial charge in [0.15, 0.2) is 0 Å². The molecule has 1 heterocycles. The molecule has 0 atom stereocenters. The highest BCUT2D eigenvalue weighted by Gasteiger charge is 2.09. The number of halogens is 1. The molecule has 0 amide bonds. The van der Waals surface area contributed by atoms with Crippen molar-refractivity contribution in [1.82, 2.24) is 9.97 Å². The summed E-state index contributed by atoms with van der Waals surface area (Å²) in [6, 6.07) is 1.77. The van der Waals surface area contributed by atoms with E-state index >= 15 is 0 Å². The van der Waals surface area contributed by atoms with Crippen molar-refractivity contribution < 1.29 is 0 Å². The molecule has 1 aliphatic rings. The Hall–Kier alpha value is -1.09. The standard InChI is InChI=1S/C10H12ClN3/c11-9-6-8(13-10(12)14-9)7-4-2-1-3-5-7/h4,6H,1-3,5H2,(H2,12,13,14). The molecule has 14 heavy (non-hydrogen) atoms. The number of nitrogens with zero attached hydrogens (tertiary/aromatic N) is 2. The molecule has 0 radical (unpaired) electrons. The fraction of sp³-hybridized carbons (Fsp3) is 0.400. The predicted molar refractivity (Wildman–Crippen MR) is 57.9 cm³/mol. The molecule has 2 rings (SSSR count). The van der Waals surface area contributed by atoms with Crippen LogP contribution in [0.4, 0.5) is 5.95 Å². The van der Waals surface area contributed by atoms with Crippen LogP contribution in [0.5, 0.6) is 0 Å². The van der Waals surface area contributed by atoms with Crippen molar-refractivity contribution in [2.24, 2.45) is 0 Å². The first-order valence-electron chi connectivity index (χ1n) is 4.75. The number of allylic oxidation sites excluding steroid dienone is 2. The lowest BCUT2D eigenvalue weighted by Crippen LogP contribution is -2.00. The average molecular weight is 210 g/mol. The third-order valence-electron chi connectivity index (χ3n) is 2.33. The highest BCUT2D eigenvalue weighted by Crippen LogP contribution is 2.26. The third kappa shape index (κ3) is 2.04. The minimum absolute atomic E-state index is 0.249. The molecule has 0 spiro atoms. The second-order valence-electron chi connectivity index (χ2n) is 3.41. The minimum atomic E-state index is 0.249. The summed E-state index contributed by atoms with van der Waals surface area (Å²) in [4.78, 5) is 8.01. The van der Waals surface area contributed by atoms with Crippen LogP contribution < -0.4 is 5.73 Å². The Labute approximate surface area is 88.0 Å². The average Bonchev–Trinajstić information content (AvgIpc) is 2.18. The van der Waals surface area contributed by atoms with Crippen LogP contribution in [-0.2, 0) is 0 Å². The molecular formula is C10H12ClN3. The summed E-state index contributed by atoms with van der Waals surface area (Å²) in [5.41, 5.74) is 7.65. The van der Waals surface area contributed by atoms with E-state index in [9.17, 15) is 0 Å². The summed E-state index contributed by atoms with van der Waals surface area (Å²) in [5, 5.41) is 0.416. The van der Waals surface area contributed by atoms with E-state index in [0.717, 1.165) is 18.5 Å². The summed E-state index contributed by atoms with van der Waals surface area (Å²) in [6.07, 6.45) is 6.87. The number of hydrogen-bond acceptors (Lipinski definition) is 3. The number of nitrogen functional groups attached to an aromatic ring is 1. The fourth-order valence-corrected chi connectivity index (χ4v) is 1.86. The van der Waals surface area contributed by atoms with Crippen LogP contribution in [0.3, 0.4) is 0 Å². The lowest BCUT2D eigenvalue weighted by Gasteiger charge is -2.12. The van der Waals surface area contributed by atoms with Gasteiger partial charge in [0.05, 0.1) is 5.69 Å². The van der Waals surface area contributed by atoms with Crippen molar-refractivity contribution in [3.8, 4) is 0 Å². The van der Waals surface area contributed by atoms with Crippen LogP contribution in [0.25, 0.3) is 5.57 Å². The Balaban J connectivity index is 2.35. The summed E-state index contributed by atoms with van der Waals surface area (Å²) >= 11 is 5.81. The van der Waals surface area contributed by atoms with Crippen molar-refractivity contribution in [3.05, 3.63) is 23.0 Å². The number of anilines is 1. The van der Waals surface area contributed by atoms with Gasteiger partial charge in [-0.05, 0) is 31.3 Å². The van der Waals surface area contributed by atoms with Crippen LogP contribution in [0, 0.1) is 0 Å². The van der Waals surface area contributed by atoms with E-state index in [1.807, 2.05) is 0 Å². The zero-order valence-corrected chi connectivity index (χ0v) is 8.59. The smallest absolute Gasteiger partial charge is 0.221 e. The summed E-state index contributed by atoms with van der Waals surface area (Å²) < 4.78 is 0. The van der Waals surface area contributed by atoms with E-state index in [4.69, 9.17) is 17.3 Å². The molecular weight excluding hydrogens is 198 g/mol. The first-order valence-corrected chi connectivity index (χ1v) is 5.13. The van der Waals surface area contributed by atoms with Gasteiger partial charge in [-0.15, -0.1) is 0 Å². The van der Waals surface area contributed by atoms with Gasteiger partial charge in [0.2, 0.25) is 5.95 Å². The molecule has 0 fully saturated rings. The predicted octanol–water partition coefficient (Wildman–Crippen LogP) is 2.67. The van der Waals surface area contributed by atoms with Gasteiger partial charge in [0.25, 0.3) is 0 Å². The van der Waals surface area contributed by atoms with Crippen LogP contribution in [0.15, 0.2) is 12.1 Å². The van der Waals surface area contributed by atoms with Crippen molar-refractivity contribution in [3.63, 3.8) is 0 Å². The number of nitrogens with two attached hydrogens (primary N) is 1. The Kier molecular flexibility index (Phi) is 2.68. The van der Waals surface area contributed by atoms with E-state index in [0.29, 0.717) is 5.15 Å². The van der Waals surface area contributed by atoms with Crippen LogP contribution >= 0.6 is 11.6 Å². The van der Waals surface area contributed by atoms with E-state index in [-0.39, 0.29) is 5.95 Å². The molecule has 0 unspecified atom stereocenters. The van der Waals surface area contributed by atoms with Gasteiger partial charge >= 0.3 is 0 Å². The number of rotatable bonds is 1. The third-order valence-corrected chi connectivity index (χ3v) is 2.53. The molecule has 0 saturated carbocycles. The normalized spacial score (nSPS) is 16.5. The molecule has 1 aromatic rings. The van der Waals surface area contributed by atoms with Gasteiger partial charge < -0.3 is 5.73 Å². The number of hydrogen-bond donors (Lipinski definition) is 1. The van der Waals surface area contributed by atoms with E-state index in [1.165, 1.54) is 18.4 Å². The SMILES string of the molecule is Nc1nc(Cl)cc(C2=CCCCC2)n1. The highest BCUT2D eigenvalue weighted by atomic mass is 35.5. The van der Waals surface area contributed by atoms with E-state index in [2.05, 4.69) is 16.0 Å². The summed E-state index contributed by atoms with van der Waals surface area (Å²) in [5.74, 6) is 0.249. The first kappa shape index (κ1) is 9.46. The molecule has 0 aromatic carbocycles. The molecule has 0 aliphatic heterocycles. The topological polar surface area (TPSA) is 51.8 Å². The van der Waals surface area contributed by atoms with Crippen LogP contribution in [0.2, 0.25) is 5.15 Å². The number of aromatic nitrogens is 2. The van der Waals surface area contributed by atoms with Crippen LogP contribution in [-0.4, -0.2) is 9.97 Å².